The zero-order chi connectivity index (χ0) is 30.0. The Hall–Kier alpha value is -0.970. The van der Waals surface area contributed by atoms with Crippen LogP contribution in [0.5, 0.6) is 0 Å². The van der Waals surface area contributed by atoms with Crippen molar-refractivity contribution in [2.24, 2.45) is 11.8 Å². The Bertz CT molecular complexity index is 1030. The van der Waals surface area contributed by atoms with Crippen LogP contribution in [-0.2, 0) is 28.4 Å². The predicted octanol–water partition coefficient (Wildman–Crippen LogP) is 6.36. The van der Waals surface area contributed by atoms with Gasteiger partial charge in [-0.05, 0) is 73.6 Å². The van der Waals surface area contributed by atoms with Crippen molar-refractivity contribution in [3.63, 3.8) is 0 Å². The van der Waals surface area contributed by atoms with E-state index in [1.54, 1.807) is 7.11 Å². The van der Waals surface area contributed by atoms with Crippen molar-refractivity contribution in [1.29, 1.82) is 0 Å². The molecule has 0 N–H and O–H groups in total. The zero-order valence-corrected chi connectivity index (χ0v) is 25.9. The summed E-state index contributed by atoms with van der Waals surface area (Å²) < 4.78 is 76.6. The van der Waals surface area contributed by atoms with Crippen molar-refractivity contribution in [3.05, 3.63) is 23.3 Å². The first-order valence-electron chi connectivity index (χ1n) is 15.2. The van der Waals surface area contributed by atoms with E-state index in [-0.39, 0.29) is 35.7 Å². The minimum absolute atomic E-state index is 0.000637. The van der Waals surface area contributed by atoms with E-state index in [1.165, 1.54) is 18.3 Å². The van der Waals surface area contributed by atoms with E-state index in [1.807, 2.05) is 20.8 Å². The van der Waals surface area contributed by atoms with Gasteiger partial charge in [-0.15, -0.1) is 0 Å². The maximum Gasteiger partial charge on any atom is 0.274 e. The SMILES string of the molecule is CO[C@H]1C([C@@]2(C)O[C@@H]2CC=C(C)C)[C@]2(CCC1(F)F)CO2.CO[C@H]1C([C@@]2(C)O[C@@H]2CC=C(C)C)[C@]2(CC[C@@H]1F)CO2. The Morgan fingerprint density at radius 3 is 1.71 bits per heavy atom. The molecule has 2 aliphatic carbocycles. The molecule has 2 saturated carbocycles. The molecule has 4 heterocycles. The minimum Gasteiger partial charge on any atom is -0.378 e. The Morgan fingerprint density at radius 2 is 1.27 bits per heavy atom. The second-order valence-electron chi connectivity index (χ2n) is 13.9. The molecule has 6 rings (SSSR count). The predicted molar refractivity (Wildman–Crippen MR) is 149 cm³/mol. The monoisotopic (exact) mass is 586 g/mol. The number of ether oxygens (including phenoxy) is 6. The number of allylic oxidation sites excluding steroid dienone is 2. The molecule has 0 radical (unpaired) electrons. The van der Waals surface area contributed by atoms with Gasteiger partial charge in [-0.2, -0.15) is 0 Å². The normalized spacial score (nSPS) is 48.6. The van der Waals surface area contributed by atoms with Crippen molar-refractivity contribution in [3.8, 4) is 0 Å². The first-order valence-corrected chi connectivity index (χ1v) is 15.2. The average molecular weight is 587 g/mol. The van der Waals surface area contributed by atoms with Gasteiger partial charge in [-0.25, -0.2) is 13.2 Å². The maximum atomic E-state index is 14.2. The summed E-state index contributed by atoms with van der Waals surface area (Å²) in [7, 11) is 2.96. The molecule has 234 valence electrons. The molecule has 0 amide bonds. The summed E-state index contributed by atoms with van der Waals surface area (Å²) >= 11 is 0. The number of methoxy groups -OCH3 is 2. The van der Waals surface area contributed by atoms with Gasteiger partial charge in [0.1, 0.15) is 29.1 Å². The lowest BCUT2D eigenvalue weighted by molar-refractivity contribution is -0.197. The highest BCUT2D eigenvalue weighted by atomic mass is 19.3. The third-order valence-corrected chi connectivity index (χ3v) is 10.5. The molecule has 2 unspecified atom stereocenters. The van der Waals surface area contributed by atoms with E-state index in [0.717, 1.165) is 25.9 Å². The molecule has 4 aliphatic heterocycles. The van der Waals surface area contributed by atoms with Gasteiger partial charge in [0.05, 0.1) is 49.0 Å². The highest BCUT2D eigenvalue weighted by Crippen LogP contribution is 2.62. The highest BCUT2D eigenvalue weighted by Gasteiger charge is 2.75. The van der Waals surface area contributed by atoms with Crippen molar-refractivity contribution in [2.75, 3.05) is 27.4 Å². The number of epoxide rings is 4. The number of hydrogen-bond acceptors (Lipinski definition) is 6. The fourth-order valence-electron chi connectivity index (χ4n) is 7.84. The van der Waals surface area contributed by atoms with Crippen molar-refractivity contribution < 1.29 is 41.6 Å². The van der Waals surface area contributed by atoms with Gasteiger partial charge in [0.15, 0.2) is 0 Å². The van der Waals surface area contributed by atoms with Crippen LogP contribution < -0.4 is 0 Å². The van der Waals surface area contributed by atoms with Gasteiger partial charge < -0.3 is 28.4 Å². The van der Waals surface area contributed by atoms with Crippen LogP contribution in [0.4, 0.5) is 13.2 Å². The molecule has 9 heteroatoms. The molecule has 2 spiro atoms. The summed E-state index contributed by atoms with van der Waals surface area (Å²) in [6, 6.07) is 0. The molecular weight excluding hydrogens is 537 g/mol. The van der Waals surface area contributed by atoms with E-state index >= 15 is 0 Å². The largest absolute Gasteiger partial charge is 0.378 e. The van der Waals surface area contributed by atoms with E-state index in [9.17, 15) is 13.2 Å². The van der Waals surface area contributed by atoms with Crippen molar-refractivity contribution >= 4 is 0 Å². The Labute approximate surface area is 243 Å². The van der Waals surface area contributed by atoms with Gasteiger partial charge >= 0.3 is 0 Å². The first-order chi connectivity index (χ1) is 19.2. The van der Waals surface area contributed by atoms with Crippen LogP contribution in [0.15, 0.2) is 23.3 Å². The molecule has 6 nitrogen and oxygen atoms in total. The first kappa shape index (κ1) is 31.5. The van der Waals surface area contributed by atoms with Crippen molar-refractivity contribution in [2.45, 2.75) is 139 Å². The van der Waals surface area contributed by atoms with Crippen molar-refractivity contribution in [1.82, 2.24) is 0 Å². The molecule has 0 aromatic rings. The van der Waals surface area contributed by atoms with Crippen LogP contribution in [-0.4, -0.2) is 86.3 Å². The molecule has 0 aromatic carbocycles. The summed E-state index contributed by atoms with van der Waals surface area (Å²) in [5.41, 5.74) is 0.952. The van der Waals surface area contributed by atoms with Crippen LogP contribution in [0, 0.1) is 11.8 Å². The van der Waals surface area contributed by atoms with Crippen LogP contribution >= 0.6 is 0 Å². The molecule has 6 aliphatic rings. The minimum atomic E-state index is -2.81. The van der Waals surface area contributed by atoms with Gasteiger partial charge in [-0.3, -0.25) is 0 Å². The van der Waals surface area contributed by atoms with Gasteiger partial charge in [0, 0.05) is 20.6 Å². The van der Waals surface area contributed by atoms with E-state index < -0.39 is 41.4 Å². The fourth-order valence-corrected chi connectivity index (χ4v) is 7.84. The number of halogens is 3. The van der Waals surface area contributed by atoms with E-state index in [4.69, 9.17) is 28.4 Å². The summed E-state index contributed by atoms with van der Waals surface area (Å²) in [5, 5.41) is 0. The maximum absolute atomic E-state index is 14.2. The number of alkyl halides is 3. The highest BCUT2D eigenvalue weighted by molar-refractivity contribution is 5.22. The molecule has 0 aromatic heterocycles. The van der Waals surface area contributed by atoms with Crippen LogP contribution in [0.2, 0.25) is 0 Å². The van der Waals surface area contributed by atoms with Gasteiger partial charge in [0.2, 0.25) is 0 Å². The van der Waals surface area contributed by atoms with Crippen LogP contribution in [0.3, 0.4) is 0 Å². The van der Waals surface area contributed by atoms with E-state index in [2.05, 4.69) is 32.9 Å². The zero-order valence-electron chi connectivity index (χ0n) is 25.9. The van der Waals surface area contributed by atoms with Gasteiger partial charge in [-0.1, -0.05) is 23.3 Å². The summed E-state index contributed by atoms with van der Waals surface area (Å²) in [6.07, 6.45) is 5.15. The van der Waals surface area contributed by atoms with E-state index in [0.29, 0.717) is 19.4 Å². The Balaban J connectivity index is 0.000000165. The molecule has 0 bridgehead atoms. The lowest BCUT2D eigenvalue weighted by Gasteiger charge is -2.42. The molecule has 11 atom stereocenters. The third kappa shape index (κ3) is 5.80. The molecular formula is C32H49F3O6. The molecule has 6 fully saturated rings. The van der Waals surface area contributed by atoms with Crippen LogP contribution in [0.25, 0.3) is 0 Å². The topological polar surface area (TPSA) is 68.6 Å². The standard InChI is InChI=1S/C16H24F2O3.C16H25FO3/c1-10(2)5-6-11-14(3,21-11)12-13(19-4)16(17,18)8-7-15(12)9-20-15;1-10(2)5-6-12-15(3,20-12)14-13(18-4)11(17)7-8-16(14)9-19-16/h5,11-13H,6-9H2,1-4H3;5,11-14H,6-9H2,1-4H3/t11-,12?,13+,14+,15+;11-,12+,13+,14?,15-,16-/m10/s1. The summed E-state index contributed by atoms with van der Waals surface area (Å²) in [4.78, 5) is 0. The fraction of sp³-hybridized carbons (Fsp3) is 0.875. The summed E-state index contributed by atoms with van der Waals surface area (Å²) in [5.74, 6) is -3.22. The Kier molecular flexibility index (Phi) is 8.35. The molecule has 41 heavy (non-hydrogen) atoms. The number of hydrogen-bond donors (Lipinski definition) is 0. The second-order valence-corrected chi connectivity index (χ2v) is 13.9. The summed E-state index contributed by atoms with van der Waals surface area (Å²) in [6.45, 7) is 13.5. The molecule has 4 saturated heterocycles. The van der Waals surface area contributed by atoms with Gasteiger partial charge in [0.25, 0.3) is 5.92 Å². The number of rotatable bonds is 8. The Morgan fingerprint density at radius 1 is 0.780 bits per heavy atom. The third-order valence-electron chi connectivity index (χ3n) is 10.5. The van der Waals surface area contributed by atoms with Crippen LogP contribution in [0.1, 0.15) is 80.1 Å². The average Bonchev–Trinajstić information content (AvgIpc) is 3.75. The smallest absolute Gasteiger partial charge is 0.274 e. The second kappa shape index (κ2) is 10.9. The lowest BCUT2D eigenvalue weighted by atomic mass is 9.68. The lowest BCUT2D eigenvalue weighted by Crippen LogP contribution is -2.57. The quantitative estimate of drug-likeness (QED) is 0.244.